The lowest BCUT2D eigenvalue weighted by atomic mass is 10.1. The van der Waals surface area contributed by atoms with Crippen LogP contribution in [0, 0.1) is 5.92 Å². The van der Waals surface area contributed by atoms with Crippen molar-refractivity contribution in [2.45, 2.75) is 39.2 Å². The Bertz CT molecular complexity index is 483. The van der Waals surface area contributed by atoms with E-state index < -0.39 is 0 Å². The fourth-order valence-corrected chi connectivity index (χ4v) is 2.47. The summed E-state index contributed by atoms with van der Waals surface area (Å²) in [5.74, 6) is 0.701. The molecule has 1 aromatic rings. The summed E-state index contributed by atoms with van der Waals surface area (Å²) in [5, 5.41) is 3.68. The molecular weight excluding hydrogens is 272 g/mol. The molecule has 1 amide bonds. The Morgan fingerprint density at radius 3 is 2.70 bits per heavy atom. The van der Waals surface area contributed by atoms with Gasteiger partial charge in [0.05, 0.1) is 5.56 Å². The van der Waals surface area contributed by atoms with Crippen LogP contribution >= 0.6 is 11.6 Å². The van der Waals surface area contributed by atoms with Gasteiger partial charge in [-0.05, 0) is 43.4 Å². The van der Waals surface area contributed by atoms with Gasteiger partial charge in [-0.1, -0.05) is 25.4 Å². The van der Waals surface area contributed by atoms with E-state index in [4.69, 9.17) is 11.6 Å². The maximum atomic E-state index is 12.8. The van der Waals surface area contributed by atoms with Crippen LogP contribution in [0.15, 0.2) is 18.2 Å². The van der Waals surface area contributed by atoms with Crippen LogP contribution in [0.5, 0.6) is 0 Å². The summed E-state index contributed by atoms with van der Waals surface area (Å²) in [6.45, 7) is 5.21. The monoisotopic (exact) mass is 294 g/mol. The number of hydrogen-bond donors (Lipinski definition) is 1. The number of carbonyl (C=O) groups is 1. The molecule has 0 atom stereocenters. The molecule has 1 aliphatic carbocycles. The predicted molar refractivity (Wildman–Crippen MR) is 84.5 cm³/mol. The molecule has 0 saturated heterocycles. The summed E-state index contributed by atoms with van der Waals surface area (Å²) in [6.07, 6.45) is 3.29. The number of nitrogens with one attached hydrogen (secondary N) is 1. The molecule has 4 heteroatoms. The van der Waals surface area contributed by atoms with Crippen molar-refractivity contribution in [2.75, 3.05) is 18.9 Å². The molecule has 0 radical (unpaired) electrons. The van der Waals surface area contributed by atoms with Gasteiger partial charge in [0.25, 0.3) is 5.91 Å². The molecule has 1 aromatic carbocycles. The lowest BCUT2D eigenvalue weighted by Gasteiger charge is -2.24. The topological polar surface area (TPSA) is 32.3 Å². The van der Waals surface area contributed by atoms with Crippen LogP contribution in [0.25, 0.3) is 0 Å². The van der Waals surface area contributed by atoms with Crippen molar-refractivity contribution in [2.24, 2.45) is 5.92 Å². The van der Waals surface area contributed by atoms with Crippen LogP contribution in [0.1, 0.15) is 43.5 Å². The summed E-state index contributed by atoms with van der Waals surface area (Å²) in [5.41, 5.74) is 1.52. The highest BCUT2D eigenvalue weighted by Gasteiger charge is 2.33. The number of halogens is 1. The Kier molecular flexibility index (Phi) is 4.92. The molecule has 1 N–H and O–H groups in total. The van der Waals surface area contributed by atoms with Gasteiger partial charge in [-0.3, -0.25) is 4.79 Å². The smallest absolute Gasteiger partial charge is 0.256 e. The van der Waals surface area contributed by atoms with Crippen molar-refractivity contribution in [1.29, 1.82) is 0 Å². The zero-order chi connectivity index (χ0) is 14.7. The maximum absolute atomic E-state index is 12.8. The molecule has 1 saturated carbocycles. The summed E-state index contributed by atoms with van der Waals surface area (Å²) in [7, 11) is 1.83. The molecule has 2 rings (SSSR count). The molecule has 1 aliphatic rings. The van der Waals surface area contributed by atoms with Crippen molar-refractivity contribution < 1.29 is 4.79 Å². The molecule has 0 aromatic heterocycles. The Morgan fingerprint density at radius 1 is 1.45 bits per heavy atom. The first-order chi connectivity index (χ1) is 9.52. The third-order valence-electron chi connectivity index (χ3n) is 3.68. The molecule has 0 aliphatic heterocycles. The van der Waals surface area contributed by atoms with Crippen molar-refractivity contribution in [3.05, 3.63) is 28.8 Å². The van der Waals surface area contributed by atoms with Gasteiger partial charge < -0.3 is 10.2 Å². The van der Waals surface area contributed by atoms with E-state index in [-0.39, 0.29) is 5.91 Å². The molecule has 0 heterocycles. The highest BCUT2D eigenvalue weighted by atomic mass is 35.5. The van der Waals surface area contributed by atoms with Gasteiger partial charge in [0.15, 0.2) is 0 Å². The number of anilines is 1. The van der Waals surface area contributed by atoms with E-state index >= 15 is 0 Å². The first-order valence-electron chi connectivity index (χ1n) is 7.31. The molecule has 3 nitrogen and oxygen atoms in total. The first kappa shape index (κ1) is 15.2. The summed E-state index contributed by atoms with van der Waals surface area (Å²) >= 11 is 6.05. The van der Waals surface area contributed by atoms with E-state index in [0.29, 0.717) is 22.5 Å². The lowest BCUT2D eigenvalue weighted by Crippen LogP contribution is -2.35. The predicted octanol–water partition coefficient (Wildman–Crippen LogP) is 4.03. The first-order valence-corrected chi connectivity index (χ1v) is 7.69. The average Bonchev–Trinajstić information content (AvgIpc) is 3.23. The van der Waals surface area contributed by atoms with Crippen LogP contribution in [0.3, 0.4) is 0 Å². The van der Waals surface area contributed by atoms with Crippen molar-refractivity contribution in [1.82, 2.24) is 4.90 Å². The third-order valence-corrected chi connectivity index (χ3v) is 3.91. The van der Waals surface area contributed by atoms with E-state index in [0.717, 1.165) is 31.5 Å². The average molecular weight is 295 g/mol. The van der Waals surface area contributed by atoms with E-state index in [9.17, 15) is 4.79 Å². The van der Waals surface area contributed by atoms with Crippen LogP contribution in [0.4, 0.5) is 5.69 Å². The minimum absolute atomic E-state index is 0.0972. The second-order valence-electron chi connectivity index (χ2n) is 5.85. The van der Waals surface area contributed by atoms with Crippen LogP contribution < -0.4 is 5.32 Å². The Hall–Kier alpha value is -1.22. The molecule has 0 unspecified atom stereocenters. The molecule has 1 fully saturated rings. The van der Waals surface area contributed by atoms with Crippen LogP contribution in [0.2, 0.25) is 5.02 Å². The van der Waals surface area contributed by atoms with Crippen LogP contribution in [-0.2, 0) is 0 Å². The van der Waals surface area contributed by atoms with Crippen molar-refractivity contribution in [3.8, 4) is 0 Å². The van der Waals surface area contributed by atoms with Gasteiger partial charge in [0, 0.05) is 30.3 Å². The Labute approximate surface area is 126 Å². The van der Waals surface area contributed by atoms with E-state index in [1.165, 1.54) is 0 Å². The van der Waals surface area contributed by atoms with Crippen molar-refractivity contribution in [3.63, 3.8) is 0 Å². The van der Waals surface area contributed by atoms with E-state index in [1.54, 1.807) is 12.1 Å². The maximum Gasteiger partial charge on any atom is 0.256 e. The molecule has 110 valence electrons. The van der Waals surface area contributed by atoms with Gasteiger partial charge >= 0.3 is 0 Å². The van der Waals surface area contributed by atoms with Gasteiger partial charge in [-0.25, -0.2) is 0 Å². The highest BCUT2D eigenvalue weighted by molar-refractivity contribution is 6.31. The molecule has 0 spiro atoms. The largest absolute Gasteiger partial charge is 0.387 e. The standard InChI is InChI=1S/C16H23ClN2O/c1-11(2)8-9-19(13-5-6-13)16(20)14-10-12(17)4-7-15(14)18-3/h4,7,10-11,13,18H,5-6,8-9H2,1-3H3. The Balaban J connectivity index is 2.20. The lowest BCUT2D eigenvalue weighted by molar-refractivity contribution is 0.0736. The molecule has 20 heavy (non-hydrogen) atoms. The minimum Gasteiger partial charge on any atom is -0.387 e. The van der Waals surface area contributed by atoms with Crippen molar-refractivity contribution >= 4 is 23.2 Å². The molecule has 0 bridgehead atoms. The van der Waals surface area contributed by atoms with Gasteiger partial charge in [0.1, 0.15) is 0 Å². The quantitative estimate of drug-likeness (QED) is 0.859. The number of carbonyl (C=O) groups excluding carboxylic acids is 1. The van der Waals surface area contributed by atoms with E-state index in [2.05, 4.69) is 19.2 Å². The summed E-state index contributed by atoms with van der Waals surface area (Å²) in [4.78, 5) is 14.8. The SMILES string of the molecule is CNc1ccc(Cl)cc1C(=O)N(CCC(C)C)C1CC1. The Morgan fingerprint density at radius 2 is 2.15 bits per heavy atom. The van der Waals surface area contributed by atoms with Gasteiger partial charge in [-0.2, -0.15) is 0 Å². The fourth-order valence-electron chi connectivity index (χ4n) is 2.30. The zero-order valence-electron chi connectivity index (χ0n) is 12.4. The summed E-state index contributed by atoms with van der Waals surface area (Å²) < 4.78 is 0. The zero-order valence-corrected chi connectivity index (χ0v) is 13.2. The normalized spacial score (nSPS) is 14.4. The van der Waals surface area contributed by atoms with Gasteiger partial charge in [0.2, 0.25) is 0 Å². The summed E-state index contributed by atoms with van der Waals surface area (Å²) in [6, 6.07) is 5.86. The number of hydrogen-bond acceptors (Lipinski definition) is 2. The number of benzene rings is 1. The minimum atomic E-state index is 0.0972. The number of nitrogens with zero attached hydrogens (tertiary/aromatic N) is 1. The molecular formula is C16H23ClN2O. The van der Waals surface area contributed by atoms with Crippen LogP contribution in [-0.4, -0.2) is 30.4 Å². The highest BCUT2D eigenvalue weighted by Crippen LogP contribution is 2.31. The van der Waals surface area contributed by atoms with E-state index in [1.807, 2.05) is 18.0 Å². The second-order valence-corrected chi connectivity index (χ2v) is 6.29. The second kappa shape index (κ2) is 6.49. The number of rotatable bonds is 6. The number of amides is 1. The van der Waals surface area contributed by atoms with Gasteiger partial charge in [-0.15, -0.1) is 0 Å². The third kappa shape index (κ3) is 3.66. The fraction of sp³-hybridized carbons (Fsp3) is 0.562.